The summed E-state index contributed by atoms with van der Waals surface area (Å²) in [5, 5.41) is 0. The lowest BCUT2D eigenvalue weighted by Crippen LogP contribution is -2.01. The fourth-order valence-electron chi connectivity index (χ4n) is 2.49. The molecule has 0 saturated carbocycles. The highest BCUT2D eigenvalue weighted by Crippen LogP contribution is 2.14. The molecule has 136 valence electrons. The standard InChI is InChI=1S/C19H33F3S/c1-2-23-18-16-14-12-10-8-6-4-3-5-7-9-11-13-15-17-19(20,21)22/h2-14,16,18H2,1H3. The van der Waals surface area contributed by atoms with Gasteiger partial charge >= 0.3 is 6.18 Å². The Bertz CT molecular complexity index is 302. The normalized spacial score (nSPS) is 11.3. The van der Waals surface area contributed by atoms with Crippen molar-refractivity contribution in [1.82, 2.24) is 0 Å². The van der Waals surface area contributed by atoms with Crippen LogP contribution < -0.4 is 0 Å². The van der Waals surface area contributed by atoms with Crippen LogP contribution in [0.15, 0.2) is 0 Å². The summed E-state index contributed by atoms with van der Waals surface area (Å²) in [6.07, 6.45) is 10.9. The van der Waals surface area contributed by atoms with E-state index in [0.717, 1.165) is 19.3 Å². The average molecular weight is 351 g/mol. The van der Waals surface area contributed by atoms with Crippen molar-refractivity contribution in [3.05, 3.63) is 0 Å². The van der Waals surface area contributed by atoms with Gasteiger partial charge in [-0.25, -0.2) is 0 Å². The molecule has 0 amide bonds. The fraction of sp³-hybridized carbons (Fsp3) is 0.895. The molecule has 0 heterocycles. The maximum atomic E-state index is 11.8. The van der Waals surface area contributed by atoms with Crippen LogP contribution >= 0.6 is 11.8 Å². The van der Waals surface area contributed by atoms with Gasteiger partial charge in [0, 0.05) is 12.3 Å². The summed E-state index contributed by atoms with van der Waals surface area (Å²) in [6.45, 7) is 2.21. The minimum absolute atomic E-state index is 0.371. The van der Waals surface area contributed by atoms with Gasteiger partial charge < -0.3 is 0 Å². The maximum Gasteiger partial charge on any atom is 0.457 e. The first kappa shape index (κ1) is 22.7. The van der Waals surface area contributed by atoms with Crippen molar-refractivity contribution in [3.63, 3.8) is 0 Å². The molecule has 4 heteroatoms. The predicted molar refractivity (Wildman–Crippen MR) is 96.9 cm³/mol. The third kappa shape index (κ3) is 21.7. The number of thioether (sulfide) groups is 1. The summed E-state index contributed by atoms with van der Waals surface area (Å²) in [5.41, 5.74) is 0. The number of hydrogen-bond acceptors (Lipinski definition) is 1. The van der Waals surface area contributed by atoms with Crippen LogP contribution in [0.5, 0.6) is 0 Å². The zero-order chi connectivity index (χ0) is 17.2. The lowest BCUT2D eigenvalue weighted by Gasteiger charge is -2.03. The van der Waals surface area contributed by atoms with Crippen molar-refractivity contribution in [2.45, 2.75) is 96.6 Å². The Kier molecular flexibility index (Phi) is 16.3. The van der Waals surface area contributed by atoms with Gasteiger partial charge in [-0.3, -0.25) is 0 Å². The third-order valence-electron chi connectivity index (χ3n) is 3.77. The summed E-state index contributed by atoms with van der Waals surface area (Å²) in [7, 11) is 0. The van der Waals surface area contributed by atoms with Crippen LogP contribution in [0.4, 0.5) is 13.2 Å². The highest BCUT2D eigenvalue weighted by Gasteiger charge is 2.22. The number of alkyl halides is 3. The second-order valence-electron chi connectivity index (χ2n) is 5.99. The molecular formula is C19H33F3S. The van der Waals surface area contributed by atoms with Crippen molar-refractivity contribution in [3.8, 4) is 11.8 Å². The molecule has 0 atom stereocenters. The zero-order valence-corrected chi connectivity index (χ0v) is 15.5. The van der Waals surface area contributed by atoms with E-state index >= 15 is 0 Å². The summed E-state index contributed by atoms with van der Waals surface area (Å²) in [5.74, 6) is 6.07. The molecular weight excluding hydrogens is 317 g/mol. The van der Waals surface area contributed by atoms with Gasteiger partial charge in [0.25, 0.3) is 0 Å². The quantitative estimate of drug-likeness (QED) is 0.219. The highest BCUT2D eigenvalue weighted by atomic mass is 32.2. The average Bonchev–Trinajstić information content (AvgIpc) is 2.49. The Labute approximate surface area is 145 Å². The molecule has 0 aliphatic heterocycles. The molecule has 0 nitrogen and oxygen atoms in total. The molecule has 0 bridgehead atoms. The molecule has 0 aromatic carbocycles. The predicted octanol–water partition coefficient (Wildman–Crippen LogP) is 7.38. The molecule has 0 aliphatic carbocycles. The highest BCUT2D eigenvalue weighted by molar-refractivity contribution is 7.99. The molecule has 0 unspecified atom stereocenters. The van der Waals surface area contributed by atoms with Crippen LogP contribution in [-0.4, -0.2) is 17.7 Å². The van der Waals surface area contributed by atoms with Gasteiger partial charge in [-0.2, -0.15) is 24.9 Å². The molecule has 0 aromatic rings. The van der Waals surface area contributed by atoms with Gasteiger partial charge in [-0.15, -0.1) is 0 Å². The lowest BCUT2D eigenvalue weighted by atomic mass is 10.0. The van der Waals surface area contributed by atoms with Crippen LogP contribution in [0, 0.1) is 11.8 Å². The van der Waals surface area contributed by atoms with Gasteiger partial charge in [0.2, 0.25) is 0 Å². The SMILES string of the molecule is CCSCCCCCCCCCCCCCCC#CC(F)(F)F. The van der Waals surface area contributed by atoms with E-state index in [1.54, 1.807) is 0 Å². The maximum absolute atomic E-state index is 11.8. The summed E-state index contributed by atoms with van der Waals surface area (Å²) >= 11 is 2.04. The summed E-state index contributed by atoms with van der Waals surface area (Å²) < 4.78 is 35.3. The molecule has 0 fully saturated rings. The van der Waals surface area contributed by atoms with E-state index in [2.05, 4.69) is 12.8 Å². The molecule has 0 rings (SSSR count). The summed E-state index contributed by atoms with van der Waals surface area (Å²) in [6, 6.07) is 0. The largest absolute Gasteiger partial charge is 0.457 e. The van der Waals surface area contributed by atoms with Crippen molar-refractivity contribution in [1.29, 1.82) is 0 Å². The Hall–Kier alpha value is -0.300. The smallest absolute Gasteiger partial charge is 0.162 e. The molecule has 0 aromatic heterocycles. The number of rotatable bonds is 15. The number of unbranched alkanes of at least 4 members (excludes halogenated alkanes) is 12. The molecule has 0 saturated heterocycles. The summed E-state index contributed by atoms with van der Waals surface area (Å²) in [4.78, 5) is 0. The van der Waals surface area contributed by atoms with Gasteiger partial charge in [0.15, 0.2) is 0 Å². The topological polar surface area (TPSA) is 0 Å². The van der Waals surface area contributed by atoms with E-state index < -0.39 is 6.18 Å². The second-order valence-corrected chi connectivity index (χ2v) is 7.38. The Balaban J connectivity index is 3.09. The first-order chi connectivity index (χ1) is 11.1. The third-order valence-corrected chi connectivity index (χ3v) is 4.76. The molecule has 0 radical (unpaired) electrons. The van der Waals surface area contributed by atoms with Crippen LogP contribution in [0.2, 0.25) is 0 Å². The number of hydrogen-bond donors (Lipinski definition) is 0. The molecule has 0 spiro atoms. The van der Waals surface area contributed by atoms with E-state index in [1.165, 1.54) is 75.2 Å². The van der Waals surface area contributed by atoms with Crippen LogP contribution in [0.25, 0.3) is 0 Å². The van der Waals surface area contributed by atoms with Gasteiger partial charge in [0.1, 0.15) is 0 Å². The lowest BCUT2D eigenvalue weighted by molar-refractivity contribution is -0.0697. The van der Waals surface area contributed by atoms with Crippen LogP contribution in [0.3, 0.4) is 0 Å². The van der Waals surface area contributed by atoms with Crippen LogP contribution in [-0.2, 0) is 0 Å². The van der Waals surface area contributed by atoms with Gasteiger partial charge in [-0.1, -0.05) is 77.1 Å². The monoisotopic (exact) mass is 350 g/mol. The minimum Gasteiger partial charge on any atom is -0.162 e. The zero-order valence-electron chi connectivity index (χ0n) is 14.6. The molecule has 0 aliphatic rings. The molecule has 23 heavy (non-hydrogen) atoms. The van der Waals surface area contributed by atoms with E-state index in [0.29, 0.717) is 6.42 Å². The van der Waals surface area contributed by atoms with Crippen molar-refractivity contribution in [2.75, 3.05) is 11.5 Å². The van der Waals surface area contributed by atoms with E-state index in [4.69, 9.17) is 0 Å². The van der Waals surface area contributed by atoms with Gasteiger partial charge in [0.05, 0.1) is 0 Å². The number of halogens is 3. The minimum atomic E-state index is -4.32. The van der Waals surface area contributed by atoms with Crippen molar-refractivity contribution < 1.29 is 13.2 Å². The van der Waals surface area contributed by atoms with E-state index in [-0.39, 0.29) is 0 Å². The fourth-order valence-corrected chi connectivity index (χ4v) is 3.19. The first-order valence-corrected chi connectivity index (χ1v) is 10.4. The molecule has 0 N–H and O–H groups in total. The van der Waals surface area contributed by atoms with E-state index in [1.807, 2.05) is 11.8 Å². The van der Waals surface area contributed by atoms with Gasteiger partial charge in [-0.05, 0) is 24.3 Å². The Morgan fingerprint density at radius 2 is 1.13 bits per heavy atom. The van der Waals surface area contributed by atoms with Crippen molar-refractivity contribution >= 4 is 11.8 Å². The first-order valence-electron chi connectivity index (χ1n) is 9.20. The Morgan fingerprint density at radius 1 is 0.696 bits per heavy atom. The van der Waals surface area contributed by atoms with Crippen molar-refractivity contribution in [2.24, 2.45) is 0 Å². The second kappa shape index (κ2) is 16.6. The van der Waals surface area contributed by atoms with Crippen LogP contribution in [0.1, 0.15) is 90.4 Å². The van der Waals surface area contributed by atoms with E-state index in [9.17, 15) is 13.2 Å². The Morgan fingerprint density at radius 3 is 1.57 bits per heavy atom.